The van der Waals surface area contributed by atoms with Crippen LogP contribution < -0.4 is 5.32 Å². The van der Waals surface area contributed by atoms with Gasteiger partial charge in [-0.2, -0.15) is 0 Å². The molecule has 5 heteroatoms. The van der Waals surface area contributed by atoms with Crippen LogP contribution in [0, 0.1) is 0 Å². The second kappa shape index (κ2) is 4.80. The highest BCUT2D eigenvalue weighted by molar-refractivity contribution is 9.10. The van der Waals surface area contributed by atoms with Crippen molar-refractivity contribution in [3.8, 4) is 0 Å². The molecule has 1 fully saturated rings. The first kappa shape index (κ1) is 12.9. The number of sulfone groups is 1. The van der Waals surface area contributed by atoms with Crippen molar-refractivity contribution in [2.24, 2.45) is 0 Å². The summed E-state index contributed by atoms with van der Waals surface area (Å²) in [4.78, 5) is 0. The van der Waals surface area contributed by atoms with Crippen molar-refractivity contribution in [1.82, 2.24) is 0 Å². The van der Waals surface area contributed by atoms with E-state index >= 15 is 0 Å². The fourth-order valence-electron chi connectivity index (χ4n) is 2.45. The largest absolute Gasteiger partial charge is 0.381 e. The average molecular weight is 340 g/mol. The Bertz CT molecular complexity index is 727. The van der Waals surface area contributed by atoms with E-state index in [1.165, 1.54) is 5.39 Å². The molecular formula is C14H14BrNO2S. The maximum atomic E-state index is 11.4. The molecule has 1 heterocycles. The third kappa shape index (κ3) is 2.92. The van der Waals surface area contributed by atoms with E-state index in [9.17, 15) is 8.42 Å². The summed E-state index contributed by atoms with van der Waals surface area (Å²) in [6.45, 7) is 0. The van der Waals surface area contributed by atoms with Crippen molar-refractivity contribution >= 4 is 42.2 Å². The number of hydrogen-bond donors (Lipinski definition) is 1. The van der Waals surface area contributed by atoms with Crippen LogP contribution in [0.1, 0.15) is 6.42 Å². The van der Waals surface area contributed by atoms with E-state index in [0.717, 1.165) is 15.5 Å². The fraction of sp³-hybridized carbons (Fsp3) is 0.286. The van der Waals surface area contributed by atoms with Gasteiger partial charge in [-0.25, -0.2) is 8.42 Å². The van der Waals surface area contributed by atoms with Gasteiger partial charge >= 0.3 is 0 Å². The lowest BCUT2D eigenvalue weighted by molar-refractivity contribution is 0.602. The zero-order valence-electron chi connectivity index (χ0n) is 10.3. The smallest absolute Gasteiger partial charge is 0.152 e. The van der Waals surface area contributed by atoms with Crippen LogP contribution in [-0.4, -0.2) is 26.0 Å². The number of nitrogens with one attached hydrogen (secondary N) is 1. The predicted octanol–water partition coefficient (Wildman–Crippen LogP) is 3.20. The van der Waals surface area contributed by atoms with Crippen molar-refractivity contribution < 1.29 is 8.42 Å². The topological polar surface area (TPSA) is 46.2 Å². The number of anilines is 1. The van der Waals surface area contributed by atoms with Crippen LogP contribution in [0.3, 0.4) is 0 Å². The Morgan fingerprint density at radius 2 is 1.84 bits per heavy atom. The number of rotatable bonds is 2. The maximum Gasteiger partial charge on any atom is 0.152 e. The average Bonchev–Trinajstić information content (AvgIpc) is 2.69. The van der Waals surface area contributed by atoms with E-state index in [2.05, 4.69) is 39.4 Å². The molecule has 1 unspecified atom stereocenters. The molecule has 2 aromatic rings. The Kier molecular flexibility index (Phi) is 3.27. The van der Waals surface area contributed by atoms with Crippen LogP contribution in [0.5, 0.6) is 0 Å². The first-order chi connectivity index (χ1) is 9.02. The van der Waals surface area contributed by atoms with E-state index in [-0.39, 0.29) is 11.8 Å². The summed E-state index contributed by atoms with van der Waals surface area (Å²) in [5.41, 5.74) is 0.983. The zero-order valence-corrected chi connectivity index (χ0v) is 12.7. The molecule has 1 aliphatic rings. The Hall–Kier alpha value is -1.07. The highest BCUT2D eigenvalue weighted by Gasteiger charge is 2.27. The van der Waals surface area contributed by atoms with E-state index < -0.39 is 9.84 Å². The van der Waals surface area contributed by atoms with Crippen molar-refractivity contribution in [2.45, 2.75) is 12.5 Å². The van der Waals surface area contributed by atoms with Crippen molar-refractivity contribution in [3.05, 3.63) is 40.9 Å². The summed E-state index contributed by atoms with van der Waals surface area (Å²) in [6, 6.07) is 12.3. The second-order valence-electron chi connectivity index (χ2n) is 4.95. The molecule has 0 amide bonds. The van der Waals surface area contributed by atoms with Gasteiger partial charge in [0, 0.05) is 16.2 Å². The van der Waals surface area contributed by atoms with Crippen LogP contribution in [0.2, 0.25) is 0 Å². The third-order valence-corrected chi connectivity index (χ3v) is 5.67. The molecule has 0 bridgehead atoms. The minimum atomic E-state index is -2.83. The molecule has 0 saturated carbocycles. The standard InChI is InChI=1S/C14H14BrNO2S/c15-12-3-1-11-8-13(4-2-10(11)7-12)16-14-5-6-19(17,18)9-14/h1-4,7-8,14,16H,5-6,9H2. The predicted molar refractivity (Wildman–Crippen MR) is 82.3 cm³/mol. The number of halogens is 1. The van der Waals surface area contributed by atoms with Gasteiger partial charge in [-0.15, -0.1) is 0 Å². The van der Waals surface area contributed by atoms with Gasteiger partial charge in [-0.3, -0.25) is 0 Å². The summed E-state index contributed by atoms with van der Waals surface area (Å²) in [7, 11) is -2.83. The second-order valence-corrected chi connectivity index (χ2v) is 8.09. The molecule has 1 aliphatic heterocycles. The lowest BCUT2D eigenvalue weighted by atomic mass is 10.1. The molecule has 0 aliphatic carbocycles. The van der Waals surface area contributed by atoms with Crippen LogP contribution in [0.15, 0.2) is 40.9 Å². The van der Waals surface area contributed by atoms with E-state index in [1.807, 2.05) is 18.2 Å². The Morgan fingerprint density at radius 1 is 1.11 bits per heavy atom. The zero-order chi connectivity index (χ0) is 13.5. The van der Waals surface area contributed by atoms with Gasteiger partial charge in [0.2, 0.25) is 0 Å². The molecule has 0 aromatic heterocycles. The lowest BCUT2D eigenvalue weighted by Gasteiger charge is -2.13. The van der Waals surface area contributed by atoms with E-state index in [4.69, 9.17) is 0 Å². The Labute approximate surface area is 121 Å². The molecule has 0 spiro atoms. The van der Waals surface area contributed by atoms with Crippen LogP contribution in [-0.2, 0) is 9.84 Å². The summed E-state index contributed by atoms with van der Waals surface area (Å²) >= 11 is 3.45. The molecular weight excluding hydrogens is 326 g/mol. The Balaban J connectivity index is 1.84. The summed E-state index contributed by atoms with van der Waals surface area (Å²) in [6.07, 6.45) is 0.695. The fourth-order valence-corrected chi connectivity index (χ4v) is 4.50. The van der Waals surface area contributed by atoms with Crippen LogP contribution in [0.4, 0.5) is 5.69 Å². The van der Waals surface area contributed by atoms with Gasteiger partial charge in [0.05, 0.1) is 11.5 Å². The normalized spacial score (nSPS) is 21.6. The molecule has 1 atom stereocenters. The molecule has 3 nitrogen and oxygen atoms in total. The molecule has 100 valence electrons. The number of hydrogen-bond acceptors (Lipinski definition) is 3. The minimum absolute atomic E-state index is 0.0397. The number of benzene rings is 2. The molecule has 1 N–H and O–H groups in total. The van der Waals surface area contributed by atoms with Gasteiger partial charge < -0.3 is 5.32 Å². The first-order valence-corrected chi connectivity index (χ1v) is 8.80. The van der Waals surface area contributed by atoms with Gasteiger partial charge in [0.25, 0.3) is 0 Å². The first-order valence-electron chi connectivity index (χ1n) is 6.18. The van der Waals surface area contributed by atoms with Gasteiger partial charge in [-0.1, -0.05) is 28.1 Å². The molecule has 1 saturated heterocycles. The molecule has 2 aromatic carbocycles. The van der Waals surface area contributed by atoms with E-state index in [0.29, 0.717) is 12.2 Å². The molecule has 19 heavy (non-hydrogen) atoms. The number of fused-ring (bicyclic) bond motifs is 1. The highest BCUT2D eigenvalue weighted by atomic mass is 79.9. The lowest BCUT2D eigenvalue weighted by Crippen LogP contribution is -2.20. The summed E-state index contributed by atoms with van der Waals surface area (Å²) < 4.78 is 23.9. The SMILES string of the molecule is O=S1(=O)CCC(Nc2ccc3cc(Br)ccc3c2)C1. The van der Waals surface area contributed by atoms with Crippen molar-refractivity contribution in [1.29, 1.82) is 0 Å². The quantitative estimate of drug-likeness (QED) is 0.913. The molecule has 3 rings (SSSR count). The van der Waals surface area contributed by atoms with Crippen molar-refractivity contribution in [2.75, 3.05) is 16.8 Å². The van der Waals surface area contributed by atoms with Crippen molar-refractivity contribution in [3.63, 3.8) is 0 Å². The maximum absolute atomic E-state index is 11.4. The van der Waals surface area contributed by atoms with E-state index in [1.54, 1.807) is 0 Å². The molecule has 0 radical (unpaired) electrons. The van der Waals surface area contributed by atoms with Gasteiger partial charge in [0.15, 0.2) is 9.84 Å². The minimum Gasteiger partial charge on any atom is -0.381 e. The van der Waals surface area contributed by atoms with Crippen LogP contribution in [0.25, 0.3) is 10.8 Å². The summed E-state index contributed by atoms with van der Waals surface area (Å²) in [5, 5.41) is 5.63. The highest BCUT2D eigenvalue weighted by Crippen LogP contribution is 2.24. The monoisotopic (exact) mass is 339 g/mol. The third-order valence-electron chi connectivity index (χ3n) is 3.41. The van der Waals surface area contributed by atoms with Gasteiger partial charge in [0.1, 0.15) is 0 Å². The van der Waals surface area contributed by atoms with Crippen LogP contribution >= 0.6 is 15.9 Å². The summed E-state index contributed by atoms with van der Waals surface area (Å²) in [5.74, 6) is 0.538. The van der Waals surface area contributed by atoms with Gasteiger partial charge in [-0.05, 0) is 41.5 Å². The Morgan fingerprint density at radius 3 is 2.58 bits per heavy atom.